The third kappa shape index (κ3) is 3.33. The molecule has 29 heavy (non-hydrogen) atoms. The molecule has 3 amide bonds. The van der Waals surface area contributed by atoms with Crippen molar-refractivity contribution in [3.63, 3.8) is 0 Å². The number of benzene rings is 2. The Bertz CT molecular complexity index is 1090. The van der Waals surface area contributed by atoms with Gasteiger partial charge in [-0.05, 0) is 31.2 Å². The molecular formula is C21H20N4O4. The lowest BCUT2D eigenvalue weighted by atomic mass is 10.1. The number of ether oxygens (including phenoxy) is 1. The molecule has 2 N–H and O–H groups in total. The SMILES string of the molecule is COc1ccc2nc(CCNC(=O)C(C)N3C(=O)c4ccccc4C3=O)[nH]c2c1. The Morgan fingerprint density at radius 3 is 2.52 bits per heavy atom. The van der Waals surface area contributed by atoms with Gasteiger partial charge >= 0.3 is 0 Å². The molecule has 1 aromatic heterocycles. The van der Waals surface area contributed by atoms with Gasteiger partial charge in [0.15, 0.2) is 0 Å². The minimum absolute atomic E-state index is 0.323. The summed E-state index contributed by atoms with van der Waals surface area (Å²) in [5, 5.41) is 2.77. The van der Waals surface area contributed by atoms with Gasteiger partial charge in [0.1, 0.15) is 17.6 Å². The van der Waals surface area contributed by atoms with Crippen LogP contribution in [0.25, 0.3) is 11.0 Å². The van der Waals surface area contributed by atoms with Gasteiger partial charge in [-0.25, -0.2) is 4.98 Å². The topological polar surface area (TPSA) is 104 Å². The van der Waals surface area contributed by atoms with E-state index in [-0.39, 0.29) is 0 Å². The summed E-state index contributed by atoms with van der Waals surface area (Å²) in [6, 6.07) is 11.2. The highest BCUT2D eigenvalue weighted by molar-refractivity contribution is 6.22. The average molecular weight is 392 g/mol. The average Bonchev–Trinajstić information content (AvgIpc) is 3.25. The number of carbonyl (C=O) groups is 3. The van der Waals surface area contributed by atoms with E-state index in [0.29, 0.717) is 24.1 Å². The van der Waals surface area contributed by atoms with Crippen LogP contribution >= 0.6 is 0 Å². The number of fused-ring (bicyclic) bond motifs is 2. The molecule has 0 spiro atoms. The van der Waals surface area contributed by atoms with Crippen molar-refractivity contribution in [2.75, 3.05) is 13.7 Å². The van der Waals surface area contributed by atoms with Gasteiger partial charge < -0.3 is 15.0 Å². The molecule has 8 heteroatoms. The van der Waals surface area contributed by atoms with Crippen molar-refractivity contribution < 1.29 is 19.1 Å². The zero-order chi connectivity index (χ0) is 20.5. The molecule has 8 nitrogen and oxygen atoms in total. The van der Waals surface area contributed by atoms with Gasteiger partial charge in [0, 0.05) is 19.0 Å². The van der Waals surface area contributed by atoms with Crippen molar-refractivity contribution in [2.24, 2.45) is 0 Å². The first kappa shape index (κ1) is 18.7. The maximum absolute atomic E-state index is 12.5. The Balaban J connectivity index is 1.38. The second-order valence-corrected chi connectivity index (χ2v) is 6.81. The summed E-state index contributed by atoms with van der Waals surface area (Å²) in [5.74, 6) is 0.175. The molecule has 1 aliphatic rings. The first-order valence-electron chi connectivity index (χ1n) is 9.27. The van der Waals surface area contributed by atoms with E-state index in [1.807, 2.05) is 18.2 Å². The smallest absolute Gasteiger partial charge is 0.262 e. The molecule has 0 fully saturated rings. The monoisotopic (exact) mass is 392 g/mol. The lowest BCUT2D eigenvalue weighted by molar-refractivity contribution is -0.124. The second kappa shape index (κ2) is 7.38. The van der Waals surface area contributed by atoms with Crippen LogP contribution in [0.2, 0.25) is 0 Å². The summed E-state index contributed by atoms with van der Waals surface area (Å²) in [4.78, 5) is 46.2. The Hall–Kier alpha value is -3.68. The fourth-order valence-electron chi connectivity index (χ4n) is 3.42. The maximum atomic E-state index is 12.5. The van der Waals surface area contributed by atoms with E-state index >= 15 is 0 Å². The lowest BCUT2D eigenvalue weighted by Crippen LogP contribution is -2.48. The van der Waals surface area contributed by atoms with Gasteiger partial charge in [-0.15, -0.1) is 0 Å². The number of H-pyrrole nitrogens is 1. The van der Waals surface area contributed by atoms with Crippen LogP contribution in [0.5, 0.6) is 5.75 Å². The Morgan fingerprint density at radius 1 is 1.17 bits per heavy atom. The molecule has 1 unspecified atom stereocenters. The van der Waals surface area contributed by atoms with Crippen molar-refractivity contribution in [1.82, 2.24) is 20.2 Å². The number of aromatic amines is 1. The number of methoxy groups -OCH3 is 1. The number of rotatable bonds is 6. The molecule has 4 rings (SSSR count). The van der Waals surface area contributed by atoms with Gasteiger partial charge in [-0.1, -0.05) is 12.1 Å². The number of hydrogen-bond acceptors (Lipinski definition) is 5. The third-order valence-corrected chi connectivity index (χ3v) is 4.99. The number of carbonyl (C=O) groups excluding carboxylic acids is 3. The fourth-order valence-corrected chi connectivity index (χ4v) is 3.42. The van der Waals surface area contributed by atoms with Gasteiger partial charge in [0.05, 0.1) is 29.3 Å². The molecule has 148 valence electrons. The fraction of sp³-hybridized carbons (Fsp3) is 0.238. The Morgan fingerprint density at radius 2 is 1.86 bits per heavy atom. The van der Waals surface area contributed by atoms with Crippen molar-refractivity contribution in [2.45, 2.75) is 19.4 Å². The number of nitrogens with one attached hydrogen (secondary N) is 2. The molecule has 1 aliphatic heterocycles. The minimum Gasteiger partial charge on any atom is -0.497 e. The van der Waals surface area contributed by atoms with Crippen molar-refractivity contribution >= 4 is 28.8 Å². The Kier molecular flexibility index (Phi) is 4.75. The van der Waals surface area contributed by atoms with Crippen LogP contribution in [-0.2, 0) is 11.2 Å². The Labute approximate surface area is 166 Å². The van der Waals surface area contributed by atoms with Crippen LogP contribution in [0.3, 0.4) is 0 Å². The van der Waals surface area contributed by atoms with Gasteiger partial charge in [-0.3, -0.25) is 19.3 Å². The number of imidazole rings is 1. The van der Waals surface area contributed by atoms with Crippen LogP contribution in [0.1, 0.15) is 33.5 Å². The van der Waals surface area contributed by atoms with Crippen LogP contribution in [0, 0.1) is 0 Å². The largest absolute Gasteiger partial charge is 0.497 e. The van der Waals surface area contributed by atoms with Crippen LogP contribution in [-0.4, -0.2) is 52.3 Å². The van der Waals surface area contributed by atoms with Gasteiger partial charge in [0.25, 0.3) is 11.8 Å². The first-order chi connectivity index (χ1) is 14.0. The minimum atomic E-state index is -0.901. The number of hydrogen-bond donors (Lipinski definition) is 2. The van der Waals surface area contributed by atoms with E-state index in [1.54, 1.807) is 38.3 Å². The zero-order valence-corrected chi connectivity index (χ0v) is 16.1. The van der Waals surface area contributed by atoms with E-state index < -0.39 is 23.8 Å². The molecular weight excluding hydrogens is 372 g/mol. The molecule has 0 saturated carbocycles. The lowest BCUT2D eigenvalue weighted by Gasteiger charge is -2.21. The van der Waals surface area contributed by atoms with Gasteiger partial charge in [0.2, 0.25) is 5.91 Å². The van der Waals surface area contributed by atoms with Crippen LogP contribution in [0.4, 0.5) is 0 Å². The van der Waals surface area contributed by atoms with E-state index in [2.05, 4.69) is 15.3 Å². The second-order valence-electron chi connectivity index (χ2n) is 6.81. The molecule has 0 radical (unpaired) electrons. The third-order valence-electron chi connectivity index (χ3n) is 4.99. The number of nitrogens with zero attached hydrogens (tertiary/aromatic N) is 2. The van der Waals surface area contributed by atoms with Crippen LogP contribution < -0.4 is 10.1 Å². The quantitative estimate of drug-likeness (QED) is 0.624. The number of aromatic nitrogens is 2. The molecule has 0 aliphatic carbocycles. The molecule has 0 saturated heterocycles. The molecule has 2 aromatic carbocycles. The van der Waals surface area contributed by atoms with Crippen LogP contribution in [0.15, 0.2) is 42.5 Å². The van der Waals surface area contributed by atoms with E-state index in [9.17, 15) is 14.4 Å². The summed E-state index contributed by atoms with van der Waals surface area (Å²) in [7, 11) is 1.60. The predicted octanol–water partition coefficient (Wildman–Crippen LogP) is 1.91. The summed E-state index contributed by atoms with van der Waals surface area (Å²) >= 11 is 0. The number of amides is 3. The first-order valence-corrected chi connectivity index (χ1v) is 9.27. The highest BCUT2D eigenvalue weighted by Crippen LogP contribution is 2.24. The number of imide groups is 1. The van der Waals surface area contributed by atoms with Gasteiger partial charge in [-0.2, -0.15) is 0 Å². The molecule has 3 aromatic rings. The normalized spacial score (nSPS) is 14.2. The van der Waals surface area contributed by atoms with Crippen molar-refractivity contribution in [1.29, 1.82) is 0 Å². The highest BCUT2D eigenvalue weighted by Gasteiger charge is 2.40. The molecule has 2 heterocycles. The van der Waals surface area contributed by atoms with E-state index in [0.717, 1.165) is 27.5 Å². The highest BCUT2D eigenvalue weighted by atomic mass is 16.5. The van der Waals surface area contributed by atoms with Crippen molar-refractivity contribution in [3.05, 3.63) is 59.4 Å². The predicted molar refractivity (Wildman–Crippen MR) is 106 cm³/mol. The summed E-state index contributed by atoms with van der Waals surface area (Å²) in [6.45, 7) is 1.87. The zero-order valence-electron chi connectivity index (χ0n) is 16.1. The summed E-state index contributed by atoms with van der Waals surface area (Å²) in [5.41, 5.74) is 2.32. The maximum Gasteiger partial charge on any atom is 0.262 e. The summed E-state index contributed by atoms with van der Waals surface area (Å²) < 4.78 is 5.20. The standard InChI is InChI=1S/C21H20N4O4/c1-12(25-20(27)14-5-3-4-6-15(14)21(25)28)19(26)22-10-9-18-23-16-8-7-13(29-2)11-17(16)24-18/h3-8,11-12H,9-10H2,1-2H3,(H,22,26)(H,23,24). The summed E-state index contributed by atoms with van der Waals surface area (Å²) in [6.07, 6.45) is 0.484. The molecule has 0 bridgehead atoms. The molecule has 1 atom stereocenters. The van der Waals surface area contributed by atoms with Crippen molar-refractivity contribution in [3.8, 4) is 5.75 Å². The van der Waals surface area contributed by atoms with E-state index in [4.69, 9.17) is 4.74 Å². The van der Waals surface area contributed by atoms with E-state index in [1.165, 1.54) is 0 Å².